The highest BCUT2D eigenvalue weighted by Gasteiger charge is 1.95. The molecule has 1 aromatic rings. The number of unbranched alkanes of at least 4 members (excludes halogenated alkanes) is 5. The zero-order valence-electron chi connectivity index (χ0n) is 11.5. The molecule has 1 aromatic carbocycles. The van der Waals surface area contributed by atoms with Crippen molar-refractivity contribution in [1.82, 2.24) is 0 Å². The summed E-state index contributed by atoms with van der Waals surface area (Å²) < 4.78 is 0. The summed E-state index contributed by atoms with van der Waals surface area (Å²) in [6.07, 6.45) is 12.9. The van der Waals surface area contributed by atoms with Gasteiger partial charge in [-0.3, -0.25) is 0 Å². The van der Waals surface area contributed by atoms with Gasteiger partial charge in [-0.25, -0.2) is 0 Å². The zero-order chi connectivity index (χ0) is 12.3. The van der Waals surface area contributed by atoms with Crippen LogP contribution >= 0.6 is 0 Å². The van der Waals surface area contributed by atoms with Gasteiger partial charge in [-0.15, -0.1) is 0 Å². The normalized spacial score (nSPS) is 10.7. The van der Waals surface area contributed by atoms with Crippen molar-refractivity contribution in [3.05, 3.63) is 41.8 Å². The molecule has 0 aliphatic heterocycles. The summed E-state index contributed by atoms with van der Waals surface area (Å²) in [6.45, 7) is 4.50. The first-order valence-electron chi connectivity index (χ1n) is 7.29. The van der Waals surface area contributed by atoms with Crippen LogP contribution in [0.1, 0.15) is 69.9 Å². The molecule has 0 atom stereocenters. The van der Waals surface area contributed by atoms with Crippen molar-refractivity contribution in [3.63, 3.8) is 0 Å². The molecule has 0 amide bonds. The number of rotatable bonds is 9. The number of hydrogen-bond acceptors (Lipinski definition) is 0. The first-order chi connectivity index (χ1) is 8.36. The van der Waals surface area contributed by atoms with Crippen LogP contribution in [-0.2, 0) is 6.42 Å². The van der Waals surface area contributed by atoms with Crippen molar-refractivity contribution in [2.24, 2.45) is 0 Å². The third kappa shape index (κ3) is 6.51. The number of benzene rings is 1. The van der Waals surface area contributed by atoms with Crippen molar-refractivity contribution in [2.45, 2.75) is 65.2 Å². The maximum atomic E-state index is 2.38. The molecule has 0 fully saturated rings. The molecular weight excluding hydrogens is 204 g/mol. The molecule has 0 heterocycles. The predicted molar refractivity (Wildman–Crippen MR) is 77.2 cm³/mol. The van der Waals surface area contributed by atoms with Crippen molar-refractivity contribution in [2.75, 3.05) is 0 Å². The van der Waals surface area contributed by atoms with Crippen molar-refractivity contribution in [3.8, 4) is 0 Å². The lowest BCUT2D eigenvalue weighted by Gasteiger charge is -2.03. The van der Waals surface area contributed by atoms with Crippen LogP contribution in [-0.4, -0.2) is 0 Å². The summed E-state index contributed by atoms with van der Waals surface area (Å²) in [4.78, 5) is 0. The van der Waals surface area contributed by atoms with E-state index < -0.39 is 0 Å². The highest BCUT2D eigenvalue weighted by Crippen LogP contribution is 2.13. The molecule has 0 saturated heterocycles. The van der Waals surface area contributed by atoms with Gasteiger partial charge in [0.05, 0.1) is 0 Å². The average Bonchev–Trinajstić information content (AvgIpc) is 2.36. The Morgan fingerprint density at radius 1 is 0.824 bits per heavy atom. The lowest BCUT2D eigenvalue weighted by molar-refractivity contribution is 0.631. The first-order valence-corrected chi connectivity index (χ1v) is 7.29. The second kappa shape index (κ2) is 9.27. The van der Waals surface area contributed by atoms with Crippen molar-refractivity contribution in [1.29, 1.82) is 0 Å². The highest BCUT2D eigenvalue weighted by atomic mass is 14.0. The van der Waals surface area contributed by atoms with Crippen LogP contribution in [0.4, 0.5) is 0 Å². The molecule has 1 radical (unpaired) electrons. The van der Waals surface area contributed by atoms with E-state index in [1.807, 2.05) is 0 Å². The fraction of sp³-hybridized carbons (Fsp3) is 0.588. The van der Waals surface area contributed by atoms with E-state index in [4.69, 9.17) is 0 Å². The number of hydrogen-bond donors (Lipinski definition) is 0. The third-order valence-electron chi connectivity index (χ3n) is 3.21. The molecule has 0 spiro atoms. The lowest BCUT2D eigenvalue weighted by atomic mass is 10.0. The standard InChI is InChI=1S/C17H27/c1-3-5-6-7-8-9-11-17-14-12-16(10-4-2)13-15-17/h11-15H,3-10H2,1-2H3. The van der Waals surface area contributed by atoms with Crippen molar-refractivity contribution < 1.29 is 0 Å². The molecule has 1 rings (SSSR count). The summed E-state index contributed by atoms with van der Waals surface area (Å²) in [6, 6.07) is 9.06. The molecule has 0 N–H and O–H groups in total. The molecule has 17 heavy (non-hydrogen) atoms. The molecule has 0 bridgehead atoms. The molecular formula is C17H27. The van der Waals surface area contributed by atoms with Crippen molar-refractivity contribution >= 4 is 0 Å². The van der Waals surface area contributed by atoms with Gasteiger partial charge in [0.2, 0.25) is 0 Å². The molecule has 0 nitrogen and oxygen atoms in total. The topological polar surface area (TPSA) is 0 Å². The summed E-state index contributed by atoms with van der Waals surface area (Å²) in [5.41, 5.74) is 2.85. The Labute approximate surface area is 107 Å². The van der Waals surface area contributed by atoms with E-state index in [0.29, 0.717) is 0 Å². The second-order valence-electron chi connectivity index (χ2n) is 4.90. The van der Waals surface area contributed by atoms with Gasteiger partial charge in [-0.2, -0.15) is 0 Å². The molecule has 0 heteroatoms. The van der Waals surface area contributed by atoms with Crippen LogP contribution in [0.5, 0.6) is 0 Å². The van der Waals surface area contributed by atoms with E-state index in [1.54, 1.807) is 0 Å². The van der Waals surface area contributed by atoms with E-state index in [0.717, 1.165) is 0 Å². The molecule has 0 aromatic heterocycles. The summed E-state index contributed by atoms with van der Waals surface area (Å²) in [7, 11) is 0. The van der Waals surface area contributed by atoms with Gasteiger partial charge >= 0.3 is 0 Å². The quantitative estimate of drug-likeness (QED) is 0.489. The highest BCUT2D eigenvalue weighted by molar-refractivity contribution is 5.27. The van der Waals surface area contributed by atoms with Crippen LogP contribution in [0.25, 0.3) is 0 Å². The molecule has 0 aliphatic rings. The number of aryl methyl sites for hydroxylation is 1. The summed E-state index contributed by atoms with van der Waals surface area (Å²) in [5, 5.41) is 0. The van der Waals surface area contributed by atoms with Gasteiger partial charge in [-0.05, 0) is 30.4 Å². The molecule has 95 valence electrons. The Morgan fingerprint density at radius 2 is 1.53 bits per heavy atom. The van der Waals surface area contributed by atoms with E-state index in [9.17, 15) is 0 Å². The minimum atomic E-state index is 1.21. The predicted octanol–water partition coefficient (Wildman–Crippen LogP) is 5.55. The van der Waals surface area contributed by atoms with Gasteiger partial charge in [0.15, 0.2) is 0 Å². The Morgan fingerprint density at radius 3 is 2.18 bits per heavy atom. The van der Waals surface area contributed by atoms with Crippen LogP contribution < -0.4 is 0 Å². The molecule has 0 aliphatic carbocycles. The minimum absolute atomic E-state index is 1.21. The van der Waals surface area contributed by atoms with Gasteiger partial charge in [0.25, 0.3) is 0 Å². The zero-order valence-corrected chi connectivity index (χ0v) is 11.5. The first kappa shape index (κ1) is 14.3. The Kier molecular flexibility index (Phi) is 7.79. The van der Waals surface area contributed by atoms with Crippen LogP contribution in [0.2, 0.25) is 0 Å². The fourth-order valence-corrected chi connectivity index (χ4v) is 2.13. The van der Waals surface area contributed by atoms with Gasteiger partial charge in [0, 0.05) is 0 Å². The fourth-order valence-electron chi connectivity index (χ4n) is 2.13. The Balaban J connectivity index is 2.14. The molecule has 0 saturated carbocycles. The van der Waals surface area contributed by atoms with E-state index >= 15 is 0 Å². The smallest absolute Gasteiger partial charge is 0.00931 e. The molecule has 0 unspecified atom stereocenters. The van der Waals surface area contributed by atoms with Crippen LogP contribution in [0.3, 0.4) is 0 Å². The average molecular weight is 231 g/mol. The Bertz CT molecular complexity index is 271. The monoisotopic (exact) mass is 231 g/mol. The second-order valence-corrected chi connectivity index (χ2v) is 4.90. The van der Waals surface area contributed by atoms with E-state index in [1.165, 1.54) is 62.5 Å². The maximum Gasteiger partial charge on any atom is -0.00931 e. The summed E-state index contributed by atoms with van der Waals surface area (Å²) in [5.74, 6) is 0. The minimum Gasteiger partial charge on any atom is -0.0654 e. The van der Waals surface area contributed by atoms with Gasteiger partial charge in [0.1, 0.15) is 0 Å². The summed E-state index contributed by atoms with van der Waals surface area (Å²) >= 11 is 0. The van der Waals surface area contributed by atoms with Crippen LogP contribution in [0.15, 0.2) is 24.3 Å². The van der Waals surface area contributed by atoms with E-state index in [-0.39, 0.29) is 0 Å². The van der Waals surface area contributed by atoms with Gasteiger partial charge in [-0.1, -0.05) is 76.6 Å². The van der Waals surface area contributed by atoms with Crippen LogP contribution in [0, 0.1) is 6.42 Å². The Hall–Kier alpha value is -0.780. The lowest BCUT2D eigenvalue weighted by Crippen LogP contribution is -1.86. The van der Waals surface area contributed by atoms with E-state index in [2.05, 4.69) is 44.5 Å². The third-order valence-corrected chi connectivity index (χ3v) is 3.21. The maximum absolute atomic E-state index is 2.38. The SMILES string of the molecule is CCCCCCC[CH]c1ccc(CCC)cc1. The largest absolute Gasteiger partial charge is 0.0654 e. The van der Waals surface area contributed by atoms with Gasteiger partial charge < -0.3 is 0 Å².